The van der Waals surface area contributed by atoms with Crippen LogP contribution in [-0.4, -0.2) is 65.4 Å². The van der Waals surface area contributed by atoms with Crippen molar-refractivity contribution in [3.8, 4) is 0 Å². The smallest absolute Gasteiger partial charge is 0.438 e. The minimum absolute atomic E-state index is 0.0278. The Bertz CT molecular complexity index is 862. The Morgan fingerprint density at radius 2 is 1.11 bits per heavy atom. The lowest BCUT2D eigenvalue weighted by Gasteiger charge is -2.24. The number of sulfone groups is 2. The molecule has 12 heteroatoms. The van der Waals surface area contributed by atoms with Crippen molar-refractivity contribution in [3.05, 3.63) is 0 Å². The van der Waals surface area contributed by atoms with E-state index in [4.69, 9.17) is 13.8 Å². The van der Waals surface area contributed by atoms with Gasteiger partial charge in [-0.1, -0.05) is 64.2 Å². The van der Waals surface area contributed by atoms with Crippen molar-refractivity contribution in [3.63, 3.8) is 0 Å². The van der Waals surface area contributed by atoms with Crippen molar-refractivity contribution >= 4 is 33.0 Å². The molecule has 0 aromatic heterocycles. The SMILES string of the molecule is CCOC(=O)P(=O)(OCCCS(=O)(=O)CCCCC1CCC1)OCCCS(=O)(=O)CCCCC1CCC1. The molecule has 0 atom stereocenters. The Morgan fingerprint density at radius 3 is 1.46 bits per heavy atom. The fourth-order valence-corrected chi connectivity index (χ4v) is 8.67. The van der Waals surface area contributed by atoms with Crippen molar-refractivity contribution in [2.24, 2.45) is 11.8 Å². The van der Waals surface area contributed by atoms with Gasteiger partial charge >= 0.3 is 13.3 Å². The first-order valence-electron chi connectivity index (χ1n) is 14.0. The first-order valence-corrected chi connectivity index (χ1v) is 19.2. The monoisotopic (exact) mass is 586 g/mol. The number of hydrogen-bond acceptors (Lipinski definition) is 9. The summed E-state index contributed by atoms with van der Waals surface area (Å²) in [5.74, 6) is 1.49. The molecule has 0 aliphatic heterocycles. The molecule has 0 aromatic rings. The van der Waals surface area contributed by atoms with Crippen LogP contribution in [0.3, 0.4) is 0 Å². The Hall–Kier alpha value is -0.480. The molecular formula is C25H47O9PS2. The van der Waals surface area contributed by atoms with E-state index in [2.05, 4.69) is 0 Å². The molecule has 2 aliphatic carbocycles. The molecule has 37 heavy (non-hydrogen) atoms. The summed E-state index contributed by atoms with van der Waals surface area (Å²) >= 11 is 0. The van der Waals surface area contributed by atoms with Crippen molar-refractivity contribution in [1.29, 1.82) is 0 Å². The molecule has 0 N–H and O–H groups in total. The van der Waals surface area contributed by atoms with Crippen LogP contribution in [0.5, 0.6) is 0 Å². The summed E-state index contributed by atoms with van der Waals surface area (Å²) < 4.78 is 77.3. The van der Waals surface area contributed by atoms with Crippen LogP contribution in [0.15, 0.2) is 0 Å². The molecule has 0 radical (unpaired) electrons. The van der Waals surface area contributed by atoms with Crippen LogP contribution in [0.2, 0.25) is 0 Å². The van der Waals surface area contributed by atoms with Gasteiger partial charge in [-0.25, -0.2) is 26.2 Å². The predicted octanol–water partition coefficient (Wildman–Crippen LogP) is 5.92. The third-order valence-electron chi connectivity index (χ3n) is 7.30. The molecule has 0 bridgehead atoms. The maximum Gasteiger partial charge on any atom is 0.438 e. The summed E-state index contributed by atoms with van der Waals surface area (Å²) in [6.07, 6.45) is 13.0. The highest BCUT2D eigenvalue weighted by Crippen LogP contribution is 2.50. The van der Waals surface area contributed by atoms with Gasteiger partial charge in [0.1, 0.15) is 19.7 Å². The molecule has 9 nitrogen and oxygen atoms in total. The zero-order valence-electron chi connectivity index (χ0n) is 22.4. The molecule has 2 rings (SSSR count). The molecule has 218 valence electrons. The van der Waals surface area contributed by atoms with E-state index in [0.717, 1.165) is 37.5 Å². The predicted molar refractivity (Wildman–Crippen MR) is 145 cm³/mol. The highest BCUT2D eigenvalue weighted by Gasteiger charge is 2.37. The van der Waals surface area contributed by atoms with Gasteiger partial charge in [0.2, 0.25) is 0 Å². The molecule has 0 aromatic carbocycles. The van der Waals surface area contributed by atoms with Crippen LogP contribution in [0.1, 0.15) is 96.8 Å². The summed E-state index contributed by atoms with van der Waals surface area (Å²) in [6.45, 7) is 1.05. The summed E-state index contributed by atoms with van der Waals surface area (Å²) in [4.78, 5) is 12.2. The fraction of sp³-hybridized carbons (Fsp3) is 0.960. The van der Waals surface area contributed by atoms with Gasteiger partial charge in [-0.05, 0) is 44.4 Å². The van der Waals surface area contributed by atoms with E-state index in [9.17, 15) is 26.2 Å². The van der Waals surface area contributed by atoms with Crippen LogP contribution in [0, 0.1) is 11.8 Å². The van der Waals surface area contributed by atoms with Gasteiger partial charge in [0.15, 0.2) is 0 Å². The normalized spacial score (nSPS) is 17.3. The average molecular weight is 587 g/mol. The molecule has 0 unspecified atom stereocenters. The summed E-state index contributed by atoms with van der Waals surface area (Å²) in [7, 11) is -10.8. The third-order valence-corrected chi connectivity index (χ3v) is 12.6. The minimum Gasteiger partial charge on any atom is -0.457 e. The lowest BCUT2D eigenvalue weighted by molar-refractivity contribution is 0.149. The maximum absolute atomic E-state index is 13.0. The zero-order chi connectivity index (χ0) is 27.2. The van der Waals surface area contributed by atoms with E-state index in [0.29, 0.717) is 12.8 Å². The van der Waals surface area contributed by atoms with Gasteiger partial charge in [-0.3, -0.25) is 0 Å². The molecular weight excluding hydrogens is 539 g/mol. The molecule has 2 fully saturated rings. The molecule has 2 aliphatic rings. The molecule has 0 heterocycles. The van der Waals surface area contributed by atoms with Crippen LogP contribution >= 0.6 is 7.60 Å². The first-order chi connectivity index (χ1) is 17.6. The molecule has 0 saturated heterocycles. The van der Waals surface area contributed by atoms with Gasteiger partial charge in [0.25, 0.3) is 0 Å². The minimum atomic E-state index is -4.31. The second-order valence-corrected chi connectivity index (χ2v) is 16.9. The molecule has 0 spiro atoms. The van der Waals surface area contributed by atoms with Crippen molar-refractivity contribution in [2.45, 2.75) is 96.8 Å². The number of carbonyl (C=O) groups excluding carboxylic acids is 1. The number of carbonyl (C=O) groups is 1. The van der Waals surface area contributed by atoms with Crippen molar-refractivity contribution in [2.75, 3.05) is 42.8 Å². The Morgan fingerprint density at radius 1 is 0.703 bits per heavy atom. The highest BCUT2D eigenvalue weighted by molar-refractivity contribution is 7.91. The number of hydrogen-bond donors (Lipinski definition) is 0. The largest absolute Gasteiger partial charge is 0.457 e. The van der Waals surface area contributed by atoms with E-state index in [1.165, 1.54) is 38.5 Å². The topological polar surface area (TPSA) is 130 Å². The van der Waals surface area contributed by atoms with Gasteiger partial charge in [0, 0.05) is 0 Å². The van der Waals surface area contributed by atoms with Gasteiger partial charge in [-0.15, -0.1) is 0 Å². The fourth-order valence-electron chi connectivity index (χ4n) is 4.55. The Labute approximate surface area is 224 Å². The second kappa shape index (κ2) is 16.6. The van der Waals surface area contributed by atoms with E-state index in [1.807, 2.05) is 0 Å². The van der Waals surface area contributed by atoms with E-state index in [1.54, 1.807) is 6.92 Å². The number of rotatable bonds is 22. The summed E-state index contributed by atoms with van der Waals surface area (Å²) in [5, 5.41) is 0. The maximum atomic E-state index is 13.0. The van der Waals surface area contributed by atoms with Crippen LogP contribution < -0.4 is 0 Å². The Kier molecular flexibility index (Phi) is 14.7. The van der Waals surface area contributed by atoms with Gasteiger partial charge < -0.3 is 13.8 Å². The van der Waals surface area contributed by atoms with Crippen LogP contribution in [0.4, 0.5) is 4.79 Å². The number of unbranched alkanes of at least 4 members (excludes halogenated alkanes) is 2. The summed E-state index contributed by atoms with van der Waals surface area (Å²) in [6, 6.07) is 0. The molecule has 0 amide bonds. The van der Waals surface area contributed by atoms with Crippen molar-refractivity contribution in [1.82, 2.24) is 0 Å². The first kappa shape index (κ1) is 32.7. The van der Waals surface area contributed by atoms with E-state index in [-0.39, 0.29) is 55.7 Å². The molecule has 2 saturated carbocycles. The van der Waals surface area contributed by atoms with Crippen molar-refractivity contribution < 1.29 is 40.0 Å². The third kappa shape index (κ3) is 13.4. The highest BCUT2D eigenvalue weighted by atomic mass is 32.2. The zero-order valence-corrected chi connectivity index (χ0v) is 25.0. The van der Waals surface area contributed by atoms with E-state index >= 15 is 0 Å². The number of ether oxygens (including phenoxy) is 1. The lowest BCUT2D eigenvalue weighted by Crippen LogP contribution is -2.16. The second-order valence-electron chi connectivity index (χ2n) is 10.5. The lowest BCUT2D eigenvalue weighted by atomic mass is 9.82. The Balaban J connectivity index is 1.66. The average Bonchev–Trinajstić information content (AvgIpc) is 2.77. The summed E-state index contributed by atoms with van der Waals surface area (Å²) in [5.41, 5.74) is -1.15. The quantitative estimate of drug-likeness (QED) is 0.112. The standard InChI is InChI=1S/C25H47O9PS2/c1-2-32-25(26)35(27,33-17-9-21-36(28,29)19-5-3-11-23-13-7-14-23)34-18-10-22-37(30,31)20-6-4-12-24-15-8-16-24/h23-24H,2-22H2,1H3. The van der Waals surface area contributed by atoms with Gasteiger partial charge in [-0.2, -0.15) is 0 Å². The van der Waals surface area contributed by atoms with Crippen LogP contribution in [-0.2, 0) is 38.0 Å². The van der Waals surface area contributed by atoms with Gasteiger partial charge in [0.05, 0.1) is 42.8 Å². The van der Waals surface area contributed by atoms with Crippen LogP contribution in [0.25, 0.3) is 0 Å². The van der Waals surface area contributed by atoms with E-state index < -0.39 is 33.0 Å².